The Balaban J connectivity index is 1.95. The van der Waals surface area contributed by atoms with E-state index in [-0.39, 0.29) is 17.0 Å². The number of hydrogen-bond donors (Lipinski definition) is 0. The second kappa shape index (κ2) is 8.03. The molecule has 0 unspecified atom stereocenters. The quantitative estimate of drug-likeness (QED) is 0.262. The molecule has 122 valence electrons. The lowest BCUT2D eigenvalue weighted by Crippen LogP contribution is -2.12. The van der Waals surface area contributed by atoms with Crippen LogP contribution in [0.4, 0.5) is 5.69 Å². The highest BCUT2D eigenvalue weighted by Gasteiger charge is 2.11. The number of Topliss-reactive ketones (excluding diaryl/α,β-unsaturated/α-hetero) is 1. The number of nitrogens with zero attached hydrogens (tertiary/aromatic N) is 1. The fraction of sp³-hybridized carbons (Fsp3) is 0.0588. The molecular weight excluding hydrogens is 334 g/mol. The van der Waals surface area contributed by atoms with Gasteiger partial charge in [0.05, 0.1) is 10.5 Å². The molecule has 0 aliphatic rings. The van der Waals surface area contributed by atoms with E-state index in [1.165, 1.54) is 36.4 Å². The summed E-state index contributed by atoms with van der Waals surface area (Å²) in [5.74, 6) is -1.14. The average molecular weight is 346 g/mol. The molecular formula is C17H12ClNO5. The number of benzene rings is 2. The van der Waals surface area contributed by atoms with E-state index in [2.05, 4.69) is 0 Å². The van der Waals surface area contributed by atoms with Gasteiger partial charge in [-0.05, 0) is 36.4 Å². The van der Waals surface area contributed by atoms with Crippen LogP contribution in [0, 0.1) is 10.1 Å². The molecule has 0 spiro atoms. The predicted octanol–water partition coefficient (Wildman–Crippen LogP) is 3.69. The smallest absolute Gasteiger partial charge is 0.331 e. The summed E-state index contributed by atoms with van der Waals surface area (Å²) in [5, 5.41) is 11.4. The van der Waals surface area contributed by atoms with Gasteiger partial charge >= 0.3 is 5.97 Å². The molecule has 2 aromatic rings. The van der Waals surface area contributed by atoms with E-state index < -0.39 is 17.5 Å². The van der Waals surface area contributed by atoms with Gasteiger partial charge in [-0.3, -0.25) is 14.9 Å². The number of esters is 1. The monoisotopic (exact) mass is 345 g/mol. The minimum Gasteiger partial charge on any atom is -0.454 e. The van der Waals surface area contributed by atoms with E-state index in [9.17, 15) is 19.7 Å². The molecule has 6 nitrogen and oxygen atoms in total. The molecule has 2 rings (SSSR count). The van der Waals surface area contributed by atoms with Crippen LogP contribution in [-0.2, 0) is 9.53 Å². The molecule has 0 radical (unpaired) electrons. The number of nitro benzene ring substituents is 1. The molecule has 0 amide bonds. The van der Waals surface area contributed by atoms with Crippen molar-refractivity contribution in [1.29, 1.82) is 0 Å². The third-order valence-electron chi connectivity index (χ3n) is 3.04. The van der Waals surface area contributed by atoms with Crippen molar-refractivity contribution >= 4 is 35.1 Å². The standard InChI is InChI=1S/C17H12ClNO5/c18-14-8-5-13(6-9-14)16(20)11-24-17(21)10-7-12-3-1-2-4-15(12)19(22)23/h1-10H,11H2/b10-7+. The van der Waals surface area contributed by atoms with Gasteiger partial charge in [0.1, 0.15) is 0 Å². The van der Waals surface area contributed by atoms with Gasteiger partial charge in [0, 0.05) is 22.7 Å². The van der Waals surface area contributed by atoms with Crippen molar-refractivity contribution in [3.8, 4) is 0 Å². The van der Waals surface area contributed by atoms with Crippen molar-refractivity contribution in [3.05, 3.63) is 80.9 Å². The highest BCUT2D eigenvalue weighted by atomic mass is 35.5. The minimum absolute atomic E-state index is 0.126. The van der Waals surface area contributed by atoms with Crippen molar-refractivity contribution in [2.24, 2.45) is 0 Å². The Morgan fingerprint density at radius 2 is 1.79 bits per heavy atom. The highest BCUT2D eigenvalue weighted by molar-refractivity contribution is 6.30. The molecule has 0 aliphatic carbocycles. The number of nitro groups is 1. The number of ether oxygens (including phenoxy) is 1. The van der Waals surface area contributed by atoms with Crippen LogP contribution in [0.25, 0.3) is 6.08 Å². The van der Waals surface area contributed by atoms with E-state index in [1.54, 1.807) is 18.2 Å². The number of para-hydroxylation sites is 1. The molecule has 0 heterocycles. The molecule has 0 N–H and O–H groups in total. The van der Waals surface area contributed by atoms with Crippen molar-refractivity contribution in [2.75, 3.05) is 6.61 Å². The molecule has 0 fully saturated rings. The minimum atomic E-state index is -0.768. The summed E-state index contributed by atoms with van der Waals surface area (Å²) in [6.07, 6.45) is 2.31. The number of rotatable bonds is 6. The number of carbonyl (C=O) groups excluding carboxylic acids is 2. The molecule has 0 aromatic heterocycles. The van der Waals surface area contributed by atoms with Crippen LogP contribution < -0.4 is 0 Å². The van der Waals surface area contributed by atoms with Crippen LogP contribution in [-0.4, -0.2) is 23.3 Å². The third kappa shape index (κ3) is 4.76. The summed E-state index contributed by atoms with van der Waals surface area (Å²) >= 11 is 5.72. The number of carbonyl (C=O) groups is 2. The molecule has 24 heavy (non-hydrogen) atoms. The lowest BCUT2D eigenvalue weighted by molar-refractivity contribution is -0.385. The van der Waals surface area contributed by atoms with Gasteiger partial charge in [-0.2, -0.15) is 0 Å². The maximum absolute atomic E-state index is 11.8. The topological polar surface area (TPSA) is 86.5 Å². The maximum atomic E-state index is 11.8. The first-order valence-electron chi connectivity index (χ1n) is 6.84. The molecule has 0 atom stereocenters. The van der Waals surface area contributed by atoms with Gasteiger partial charge in [-0.25, -0.2) is 4.79 Å². The highest BCUT2D eigenvalue weighted by Crippen LogP contribution is 2.18. The molecule has 0 aliphatic heterocycles. The second-order valence-electron chi connectivity index (χ2n) is 4.69. The van der Waals surface area contributed by atoms with Gasteiger partial charge in [0.25, 0.3) is 5.69 Å². The maximum Gasteiger partial charge on any atom is 0.331 e. The fourth-order valence-corrected chi connectivity index (χ4v) is 1.98. The van der Waals surface area contributed by atoms with Crippen molar-refractivity contribution in [1.82, 2.24) is 0 Å². The Morgan fingerprint density at radius 1 is 1.12 bits per heavy atom. The normalized spacial score (nSPS) is 10.5. The van der Waals surface area contributed by atoms with Gasteiger partial charge < -0.3 is 4.74 Å². The van der Waals surface area contributed by atoms with Crippen LogP contribution >= 0.6 is 11.6 Å². The van der Waals surface area contributed by atoms with Gasteiger partial charge in [0.15, 0.2) is 12.4 Å². The number of hydrogen-bond acceptors (Lipinski definition) is 5. The summed E-state index contributed by atoms with van der Waals surface area (Å²) in [6.45, 7) is -0.429. The fourth-order valence-electron chi connectivity index (χ4n) is 1.86. The van der Waals surface area contributed by atoms with Gasteiger partial charge in [-0.1, -0.05) is 23.7 Å². The third-order valence-corrected chi connectivity index (χ3v) is 3.30. The lowest BCUT2D eigenvalue weighted by Gasteiger charge is -2.02. The Hall–Kier alpha value is -2.99. The Morgan fingerprint density at radius 3 is 2.46 bits per heavy atom. The van der Waals surface area contributed by atoms with Crippen LogP contribution in [0.1, 0.15) is 15.9 Å². The summed E-state index contributed by atoms with van der Waals surface area (Å²) in [6, 6.07) is 12.1. The van der Waals surface area contributed by atoms with Crippen molar-refractivity contribution < 1.29 is 19.2 Å². The Kier molecular flexibility index (Phi) is 5.81. The number of ketones is 1. The average Bonchev–Trinajstić information content (AvgIpc) is 2.58. The van der Waals surface area contributed by atoms with Gasteiger partial charge in [-0.15, -0.1) is 0 Å². The van der Waals surface area contributed by atoms with E-state index in [0.29, 0.717) is 10.6 Å². The van der Waals surface area contributed by atoms with E-state index in [4.69, 9.17) is 16.3 Å². The first-order valence-corrected chi connectivity index (χ1v) is 7.22. The van der Waals surface area contributed by atoms with E-state index in [1.807, 2.05) is 0 Å². The van der Waals surface area contributed by atoms with Crippen molar-refractivity contribution in [3.63, 3.8) is 0 Å². The first-order chi connectivity index (χ1) is 11.5. The molecule has 0 saturated carbocycles. The van der Waals surface area contributed by atoms with Crippen molar-refractivity contribution in [2.45, 2.75) is 0 Å². The zero-order valence-electron chi connectivity index (χ0n) is 12.3. The largest absolute Gasteiger partial charge is 0.454 e. The summed E-state index contributed by atoms with van der Waals surface area (Å²) in [7, 11) is 0. The summed E-state index contributed by atoms with van der Waals surface area (Å²) in [4.78, 5) is 33.8. The first kappa shape index (κ1) is 17.4. The van der Waals surface area contributed by atoms with E-state index >= 15 is 0 Å². The second-order valence-corrected chi connectivity index (χ2v) is 5.12. The van der Waals surface area contributed by atoms with Gasteiger partial charge in [0.2, 0.25) is 0 Å². The molecule has 7 heteroatoms. The van der Waals surface area contributed by atoms with Crippen LogP contribution in [0.15, 0.2) is 54.6 Å². The molecule has 2 aromatic carbocycles. The SMILES string of the molecule is O=C(/C=C/c1ccccc1[N+](=O)[O-])OCC(=O)c1ccc(Cl)cc1. The van der Waals surface area contributed by atoms with Crippen LogP contribution in [0.3, 0.4) is 0 Å². The molecule has 0 bridgehead atoms. The predicted molar refractivity (Wildman–Crippen MR) is 88.9 cm³/mol. The number of halogens is 1. The Bertz CT molecular complexity index is 799. The molecule has 0 saturated heterocycles. The Labute approximate surface area is 142 Å². The summed E-state index contributed by atoms with van der Waals surface area (Å²) in [5.41, 5.74) is 0.511. The van der Waals surface area contributed by atoms with Crippen LogP contribution in [0.2, 0.25) is 5.02 Å². The van der Waals surface area contributed by atoms with E-state index in [0.717, 1.165) is 6.08 Å². The summed E-state index contributed by atoms with van der Waals surface area (Å²) < 4.78 is 4.83. The zero-order chi connectivity index (χ0) is 17.5. The van der Waals surface area contributed by atoms with Crippen LogP contribution in [0.5, 0.6) is 0 Å². The zero-order valence-corrected chi connectivity index (χ0v) is 13.1. The lowest BCUT2D eigenvalue weighted by atomic mass is 10.1.